The Labute approximate surface area is 224 Å². The molecule has 3 N–H and O–H groups in total. The SMILES string of the molecule is COc1cc2[nH]nc(-c3ccc(N4CC(C)(NCCO)C4)nc3)c2cc1O[C@H](C)c1c(Cl)cncc1Cl. The number of hydrogen-bond acceptors (Lipinski definition) is 8. The summed E-state index contributed by atoms with van der Waals surface area (Å²) in [7, 11) is 1.59. The lowest BCUT2D eigenvalue weighted by molar-refractivity contribution is 0.216. The molecule has 11 heteroatoms. The summed E-state index contributed by atoms with van der Waals surface area (Å²) >= 11 is 12.7. The number of nitrogens with one attached hydrogen (secondary N) is 2. The van der Waals surface area contributed by atoms with Crippen LogP contribution in [0.1, 0.15) is 25.5 Å². The summed E-state index contributed by atoms with van der Waals surface area (Å²) in [5, 5.41) is 21.8. The Balaban J connectivity index is 1.39. The van der Waals surface area contributed by atoms with Crippen molar-refractivity contribution in [1.82, 2.24) is 25.5 Å². The van der Waals surface area contributed by atoms with Crippen LogP contribution in [0.2, 0.25) is 10.0 Å². The molecule has 1 atom stereocenters. The van der Waals surface area contributed by atoms with Gasteiger partial charge in [0.15, 0.2) is 11.5 Å². The number of nitrogens with zero attached hydrogens (tertiary/aromatic N) is 4. The number of aromatic amines is 1. The normalized spacial score (nSPS) is 15.5. The zero-order valence-electron chi connectivity index (χ0n) is 20.8. The molecule has 0 bridgehead atoms. The number of benzene rings is 1. The molecular formula is C26H28Cl2N6O3. The first-order valence-electron chi connectivity index (χ1n) is 11.9. The molecule has 0 saturated carbocycles. The molecule has 1 aliphatic heterocycles. The molecule has 1 aliphatic rings. The Kier molecular flexibility index (Phi) is 7.13. The van der Waals surface area contributed by atoms with Gasteiger partial charge in [0.05, 0.1) is 34.8 Å². The van der Waals surface area contributed by atoms with E-state index in [-0.39, 0.29) is 12.1 Å². The highest BCUT2D eigenvalue weighted by Gasteiger charge is 2.38. The van der Waals surface area contributed by atoms with E-state index in [0.717, 1.165) is 41.1 Å². The molecule has 1 saturated heterocycles. The molecule has 0 spiro atoms. The second-order valence-electron chi connectivity index (χ2n) is 9.37. The second kappa shape index (κ2) is 10.3. The van der Waals surface area contributed by atoms with Gasteiger partial charge in [-0.1, -0.05) is 23.2 Å². The van der Waals surface area contributed by atoms with Crippen LogP contribution in [0.25, 0.3) is 22.2 Å². The Morgan fingerprint density at radius 1 is 1.16 bits per heavy atom. The maximum atomic E-state index is 9.07. The summed E-state index contributed by atoms with van der Waals surface area (Å²) in [6.45, 7) is 6.39. The molecule has 5 rings (SSSR count). The average molecular weight is 543 g/mol. The number of rotatable bonds is 9. The van der Waals surface area contributed by atoms with Crippen LogP contribution in [-0.4, -0.2) is 64.2 Å². The summed E-state index contributed by atoms with van der Waals surface area (Å²) in [5.41, 5.74) is 3.08. The van der Waals surface area contributed by atoms with Crippen molar-refractivity contribution in [3.8, 4) is 22.8 Å². The molecule has 1 aromatic carbocycles. The number of aliphatic hydroxyl groups is 1. The van der Waals surface area contributed by atoms with Gasteiger partial charge in [-0.2, -0.15) is 5.10 Å². The number of H-pyrrole nitrogens is 1. The summed E-state index contributed by atoms with van der Waals surface area (Å²) in [5.74, 6) is 1.99. The zero-order valence-corrected chi connectivity index (χ0v) is 22.3. The molecular weight excluding hydrogens is 515 g/mol. The van der Waals surface area contributed by atoms with Gasteiger partial charge in [0.1, 0.15) is 17.6 Å². The van der Waals surface area contributed by atoms with Crippen molar-refractivity contribution in [3.05, 3.63) is 58.5 Å². The lowest BCUT2D eigenvalue weighted by Gasteiger charge is -2.49. The third kappa shape index (κ3) is 5.04. The van der Waals surface area contributed by atoms with E-state index in [1.54, 1.807) is 19.5 Å². The van der Waals surface area contributed by atoms with E-state index in [1.165, 1.54) is 0 Å². The van der Waals surface area contributed by atoms with Crippen molar-refractivity contribution in [2.24, 2.45) is 0 Å². The van der Waals surface area contributed by atoms with Crippen LogP contribution in [0.3, 0.4) is 0 Å². The van der Waals surface area contributed by atoms with Crippen LogP contribution in [0.4, 0.5) is 5.82 Å². The van der Waals surface area contributed by atoms with E-state index in [1.807, 2.05) is 37.4 Å². The maximum Gasteiger partial charge on any atom is 0.162 e. The Morgan fingerprint density at radius 2 is 1.92 bits per heavy atom. The van der Waals surface area contributed by atoms with Crippen molar-refractivity contribution >= 4 is 39.9 Å². The van der Waals surface area contributed by atoms with Gasteiger partial charge in [0.2, 0.25) is 0 Å². The number of hydrogen-bond donors (Lipinski definition) is 3. The maximum absolute atomic E-state index is 9.07. The van der Waals surface area contributed by atoms with E-state index in [0.29, 0.717) is 33.7 Å². The van der Waals surface area contributed by atoms with Crippen molar-refractivity contribution in [3.63, 3.8) is 0 Å². The van der Waals surface area contributed by atoms with Crippen molar-refractivity contribution in [2.45, 2.75) is 25.5 Å². The molecule has 0 aliphatic carbocycles. The Hall–Kier alpha value is -3.11. The number of methoxy groups -OCH3 is 1. The van der Waals surface area contributed by atoms with Crippen LogP contribution >= 0.6 is 23.2 Å². The van der Waals surface area contributed by atoms with Crippen LogP contribution in [0.5, 0.6) is 11.5 Å². The molecule has 1 fully saturated rings. The third-order valence-corrected chi connectivity index (χ3v) is 7.14. The predicted octanol–water partition coefficient (Wildman–Crippen LogP) is 4.64. The number of aromatic nitrogens is 4. The van der Waals surface area contributed by atoms with Gasteiger partial charge in [-0.15, -0.1) is 0 Å². The number of ether oxygens (including phenoxy) is 2. The quantitative estimate of drug-likeness (QED) is 0.280. The number of anilines is 1. The summed E-state index contributed by atoms with van der Waals surface area (Å²) < 4.78 is 11.8. The van der Waals surface area contributed by atoms with E-state index in [4.69, 9.17) is 37.8 Å². The van der Waals surface area contributed by atoms with Gasteiger partial charge >= 0.3 is 0 Å². The highest BCUT2D eigenvalue weighted by Crippen LogP contribution is 2.40. The lowest BCUT2D eigenvalue weighted by Crippen LogP contribution is -2.68. The van der Waals surface area contributed by atoms with Crippen molar-refractivity contribution < 1.29 is 14.6 Å². The summed E-state index contributed by atoms with van der Waals surface area (Å²) in [6.07, 6.45) is 4.46. The highest BCUT2D eigenvalue weighted by molar-refractivity contribution is 6.35. The molecule has 0 radical (unpaired) electrons. The Bertz CT molecular complexity index is 1390. The van der Waals surface area contributed by atoms with E-state index < -0.39 is 6.10 Å². The van der Waals surface area contributed by atoms with Crippen molar-refractivity contribution in [2.75, 3.05) is 38.3 Å². The fraction of sp³-hybridized carbons (Fsp3) is 0.346. The van der Waals surface area contributed by atoms with Gasteiger partial charge in [-0.25, -0.2) is 4.98 Å². The number of aliphatic hydroxyl groups excluding tert-OH is 1. The number of pyridine rings is 2. The van der Waals surface area contributed by atoms with E-state index in [2.05, 4.69) is 37.3 Å². The van der Waals surface area contributed by atoms with Crippen LogP contribution in [0, 0.1) is 0 Å². The van der Waals surface area contributed by atoms with Gasteiger partial charge in [0.25, 0.3) is 0 Å². The summed E-state index contributed by atoms with van der Waals surface area (Å²) in [4.78, 5) is 10.9. The molecule has 37 heavy (non-hydrogen) atoms. The average Bonchev–Trinajstić information content (AvgIpc) is 3.28. The lowest BCUT2D eigenvalue weighted by atomic mass is 9.92. The van der Waals surface area contributed by atoms with Crippen LogP contribution in [0.15, 0.2) is 42.9 Å². The smallest absolute Gasteiger partial charge is 0.162 e. The molecule has 3 aromatic heterocycles. The number of β-amino-alcohol motifs (C(OH)–C–C–N with tert-alkyl or cyclic N) is 1. The topological polar surface area (TPSA) is 108 Å². The van der Waals surface area contributed by atoms with Gasteiger partial charge < -0.3 is 24.8 Å². The first kappa shape index (κ1) is 25.5. The Morgan fingerprint density at radius 3 is 2.57 bits per heavy atom. The minimum Gasteiger partial charge on any atom is -0.493 e. The van der Waals surface area contributed by atoms with Gasteiger partial charge in [0, 0.05) is 60.8 Å². The standard InChI is InChI=1S/C26H28Cl2N6O3/c1-15(24-18(27)11-29-12-19(24)28)37-22-8-17-20(9-21(22)36-3)32-33-25(17)16-4-5-23(30-10-16)34-13-26(2,14-34)31-6-7-35/h4-5,8-12,15,31,35H,6-7,13-14H2,1-3H3,(H,32,33)/t15-/m1/s1. The first-order chi connectivity index (χ1) is 17.8. The molecule has 9 nitrogen and oxygen atoms in total. The minimum atomic E-state index is -0.445. The van der Waals surface area contributed by atoms with E-state index in [9.17, 15) is 0 Å². The van der Waals surface area contributed by atoms with Crippen LogP contribution < -0.4 is 19.7 Å². The minimum absolute atomic E-state index is 0.0151. The fourth-order valence-electron chi connectivity index (χ4n) is 4.70. The summed E-state index contributed by atoms with van der Waals surface area (Å²) in [6, 6.07) is 7.76. The fourth-order valence-corrected chi connectivity index (χ4v) is 5.37. The first-order valence-corrected chi connectivity index (χ1v) is 12.7. The second-order valence-corrected chi connectivity index (χ2v) is 10.2. The number of halogens is 2. The predicted molar refractivity (Wildman–Crippen MR) is 145 cm³/mol. The zero-order chi connectivity index (χ0) is 26.2. The largest absolute Gasteiger partial charge is 0.493 e. The van der Waals surface area contributed by atoms with Gasteiger partial charge in [-0.3, -0.25) is 10.1 Å². The highest BCUT2D eigenvalue weighted by atomic mass is 35.5. The molecule has 194 valence electrons. The van der Waals surface area contributed by atoms with Gasteiger partial charge in [-0.05, 0) is 32.0 Å². The molecule has 0 unspecified atom stereocenters. The van der Waals surface area contributed by atoms with Crippen LogP contribution in [-0.2, 0) is 0 Å². The molecule has 4 heterocycles. The molecule has 4 aromatic rings. The van der Waals surface area contributed by atoms with Crippen molar-refractivity contribution in [1.29, 1.82) is 0 Å². The third-order valence-electron chi connectivity index (χ3n) is 6.54. The molecule has 0 amide bonds. The van der Waals surface area contributed by atoms with E-state index >= 15 is 0 Å². The monoisotopic (exact) mass is 542 g/mol. The number of fused-ring (bicyclic) bond motifs is 1.